The van der Waals surface area contributed by atoms with Gasteiger partial charge in [0.2, 0.25) is 11.8 Å². The molecule has 22 heavy (non-hydrogen) atoms. The summed E-state index contributed by atoms with van der Waals surface area (Å²) in [5, 5.41) is 3.09. The van der Waals surface area contributed by atoms with Crippen LogP contribution in [0.1, 0.15) is 45.2 Å². The van der Waals surface area contributed by atoms with E-state index in [0.717, 1.165) is 18.4 Å². The summed E-state index contributed by atoms with van der Waals surface area (Å²) in [6, 6.07) is 10.00. The van der Waals surface area contributed by atoms with E-state index in [1.165, 1.54) is 0 Å². The molecule has 4 heteroatoms. The Morgan fingerprint density at radius 1 is 1.09 bits per heavy atom. The summed E-state index contributed by atoms with van der Waals surface area (Å²) in [6.07, 6.45) is 1.51. The van der Waals surface area contributed by atoms with Crippen molar-refractivity contribution in [2.75, 3.05) is 13.1 Å². The van der Waals surface area contributed by atoms with E-state index in [0.29, 0.717) is 13.1 Å². The number of nitrogens with one attached hydrogen (secondary N) is 1. The van der Waals surface area contributed by atoms with E-state index in [9.17, 15) is 9.59 Å². The van der Waals surface area contributed by atoms with Crippen LogP contribution < -0.4 is 5.32 Å². The smallest absolute Gasteiger partial charge is 0.225 e. The van der Waals surface area contributed by atoms with E-state index >= 15 is 0 Å². The van der Waals surface area contributed by atoms with Crippen LogP contribution in [-0.2, 0) is 9.59 Å². The lowest BCUT2D eigenvalue weighted by Crippen LogP contribution is -2.44. The van der Waals surface area contributed by atoms with Gasteiger partial charge in [0, 0.05) is 24.9 Å². The molecular formula is C18H26N2O2. The number of piperidine rings is 1. The molecule has 1 aromatic carbocycles. The zero-order valence-electron chi connectivity index (χ0n) is 13.7. The van der Waals surface area contributed by atoms with Gasteiger partial charge >= 0.3 is 0 Å². The summed E-state index contributed by atoms with van der Waals surface area (Å²) in [5.41, 5.74) is 1.11. The number of carbonyl (C=O) groups is 2. The molecule has 1 fully saturated rings. The van der Waals surface area contributed by atoms with Crippen LogP contribution in [0.15, 0.2) is 30.3 Å². The van der Waals surface area contributed by atoms with Crippen molar-refractivity contribution >= 4 is 11.8 Å². The quantitative estimate of drug-likeness (QED) is 0.929. The number of benzene rings is 1. The zero-order chi connectivity index (χ0) is 16.1. The molecule has 0 saturated carbocycles. The highest BCUT2D eigenvalue weighted by Gasteiger charge is 2.28. The average molecular weight is 302 g/mol. The van der Waals surface area contributed by atoms with Crippen molar-refractivity contribution in [2.24, 2.45) is 11.8 Å². The van der Waals surface area contributed by atoms with Crippen molar-refractivity contribution in [1.29, 1.82) is 0 Å². The second-order valence-corrected chi connectivity index (χ2v) is 6.40. The normalized spacial score (nSPS) is 17.4. The number of likely N-dealkylation sites (tertiary alicyclic amines) is 1. The predicted octanol–water partition coefficient (Wildman–Crippen LogP) is 2.76. The maximum absolute atomic E-state index is 12.4. The average Bonchev–Trinajstić information content (AvgIpc) is 2.55. The summed E-state index contributed by atoms with van der Waals surface area (Å²) in [7, 11) is 0. The maximum atomic E-state index is 12.4. The Morgan fingerprint density at radius 2 is 1.68 bits per heavy atom. The summed E-state index contributed by atoms with van der Waals surface area (Å²) >= 11 is 0. The van der Waals surface area contributed by atoms with Crippen molar-refractivity contribution in [3.05, 3.63) is 35.9 Å². The zero-order valence-corrected chi connectivity index (χ0v) is 13.7. The van der Waals surface area contributed by atoms with E-state index in [4.69, 9.17) is 0 Å². The second-order valence-electron chi connectivity index (χ2n) is 6.40. The molecule has 0 aromatic heterocycles. The van der Waals surface area contributed by atoms with E-state index in [1.807, 2.05) is 56.0 Å². The summed E-state index contributed by atoms with van der Waals surface area (Å²) in [6.45, 7) is 7.22. The lowest BCUT2D eigenvalue weighted by atomic mass is 9.94. The van der Waals surface area contributed by atoms with Gasteiger partial charge in [-0.2, -0.15) is 0 Å². The van der Waals surface area contributed by atoms with Gasteiger partial charge in [0.15, 0.2) is 0 Å². The summed E-state index contributed by atoms with van der Waals surface area (Å²) < 4.78 is 0. The number of nitrogens with zero attached hydrogens (tertiary/aromatic N) is 1. The fourth-order valence-corrected chi connectivity index (χ4v) is 2.88. The van der Waals surface area contributed by atoms with Crippen LogP contribution in [0.2, 0.25) is 0 Å². The van der Waals surface area contributed by atoms with Gasteiger partial charge in [0.1, 0.15) is 0 Å². The van der Waals surface area contributed by atoms with Gasteiger partial charge in [-0.15, -0.1) is 0 Å². The van der Waals surface area contributed by atoms with Crippen molar-refractivity contribution in [2.45, 2.75) is 39.7 Å². The first kappa shape index (κ1) is 16.5. The van der Waals surface area contributed by atoms with Crippen LogP contribution in [-0.4, -0.2) is 29.8 Å². The van der Waals surface area contributed by atoms with Crippen molar-refractivity contribution < 1.29 is 9.59 Å². The molecule has 120 valence electrons. The Kier molecular flexibility index (Phi) is 5.58. The van der Waals surface area contributed by atoms with Crippen LogP contribution >= 0.6 is 0 Å². The molecule has 1 heterocycles. The molecule has 0 aliphatic carbocycles. The van der Waals surface area contributed by atoms with Crippen LogP contribution in [0.4, 0.5) is 0 Å². The van der Waals surface area contributed by atoms with E-state index in [-0.39, 0.29) is 29.7 Å². The molecule has 0 spiro atoms. The molecule has 1 aliphatic heterocycles. The highest BCUT2D eigenvalue weighted by molar-refractivity contribution is 5.81. The highest BCUT2D eigenvalue weighted by Crippen LogP contribution is 2.20. The van der Waals surface area contributed by atoms with Gasteiger partial charge in [0.25, 0.3) is 0 Å². The van der Waals surface area contributed by atoms with Gasteiger partial charge in [-0.05, 0) is 25.3 Å². The Balaban J connectivity index is 1.84. The third-order valence-corrected chi connectivity index (χ3v) is 4.33. The molecule has 1 saturated heterocycles. The molecule has 2 rings (SSSR count). The van der Waals surface area contributed by atoms with E-state index in [1.54, 1.807) is 0 Å². The first-order valence-corrected chi connectivity index (χ1v) is 8.13. The Hall–Kier alpha value is -1.84. The predicted molar refractivity (Wildman–Crippen MR) is 87.1 cm³/mol. The standard InChI is InChI=1S/C18H26N2O2/c1-13(2)18(22)20-11-9-16(10-12-20)17(21)19-14(3)15-7-5-4-6-8-15/h4-8,13-14,16H,9-12H2,1-3H3,(H,19,21). The molecule has 1 unspecified atom stereocenters. The molecular weight excluding hydrogens is 276 g/mol. The molecule has 0 radical (unpaired) electrons. The van der Waals surface area contributed by atoms with Gasteiger partial charge in [-0.25, -0.2) is 0 Å². The van der Waals surface area contributed by atoms with Gasteiger partial charge in [0.05, 0.1) is 6.04 Å². The minimum Gasteiger partial charge on any atom is -0.349 e. The Labute approximate surface area is 132 Å². The third kappa shape index (κ3) is 4.09. The van der Waals surface area contributed by atoms with Gasteiger partial charge in [-0.3, -0.25) is 9.59 Å². The SMILES string of the molecule is CC(C)C(=O)N1CCC(C(=O)NC(C)c2ccccc2)CC1. The molecule has 4 nitrogen and oxygen atoms in total. The third-order valence-electron chi connectivity index (χ3n) is 4.33. The minimum atomic E-state index is 0.0161. The monoisotopic (exact) mass is 302 g/mol. The molecule has 1 aromatic rings. The molecule has 2 amide bonds. The summed E-state index contributed by atoms with van der Waals surface area (Å²) in [5.74, 6) is 0.343. The molecule has 0 bridgehead atoms. The second kappa shape index (κ2) is 7.43. The number of amides is 2. The Bertz CT molecular complexity index is 505. The number of hydrogen-bond acceptors (Lipinski definition) is 2. The fourth-order valence-electron chi connectivity index (χ4n) is 2.88. The van der Waals surface area contributed by atoms with Crippen LogP contribution in [0, 0.1) is 11.8 Å². The largest absolute Gasteiger partial charge is 0.349 e. The fraction of sp³-hybridized carbons (Fsp3) is 0.556. The minimum absolute atomic E-state index is 0.0161. The van der Waals surface area contributed by atoms with Crippen LogP contribution in [0.5, 0.6) is 0 Å². The van der Waals surface area contributed by atoms with E-state index < -0.39 is 0 Å². The van der Waals surface area contributed by atoms with Gasteiger partial charge in [-0.1, -0.05) is 44.2 Å². The maximum Gasteiger partial charge on any atom is 0.225 e. The first-order chi connectivity index (χ1) is 10.5. The van der Waals surface area contributed by atoms with Gasteiger partial charge < -0.3 is 10.2 Å². The first-order valence-electron chi connectivity index (χ1n) is 8.13. The molecule has 1 N–H and O–H groups in total. The highest BCUT2D eigenvalue weighted by atomic mass is 16.2. The van der Waals surface area contributed by atoms with Crippen LogP contribution in [0.3, 0.4) is 0 Å². The topological polar surface area (TPSA) is 49.4 Å². The number of hydrogen-bond donors (Lipinski definition) is 1. The van der Waals surface area contributed by atoms with E-state index in [2.05, 4.69) is 5.32 Å². The van der Waals surface area contributed by atoms with Crippen LogP contribution in [0.25, 0.3) is 0 Å². The Morgan fingerprint density at radius 3 is 2.23 bits per heavy atom. The summed E-state index contributed by atoms with van der Waals surface area (Å²) in [4.78, 5) is 26.2. The lowest BCUT2D eigenvalue weighted by Gasteiger charge is -2.33. The molecule has 1 aliphatic rings. The van der Waals surface area contributed by atoms with Crippen molar-refractivity contribution in [3.63, 3.8) is 0 Å². The van der Waals surface area contributed by atoms with Crippen molar-refractivity contribution in [1.82, 2.24) is 10.2 Å². The number of carbonyl (C=O) groups excluding carboxylic acids is 2. The van der Waals surface area contributed by atoms with Crippen molar-refractivity contribution in [3.8, 4) is 0 Å². The number of rotatable bonds is 4. The lowest BCUT2D eigenvalue weighted by molar-refractivity contribution is -0.138. The molecule has 1 atom stereocenters.